The van der Waals surface area contributed by atoms with Crippen LogP contribution in [0.5, 0.6) is 0 Å². The summed E-state index contributed by atoms with van der Waals surface area (Å²) in [5.74, 6) is -1.08. The second-order valence-corrected chi connectivity index (χ2v) is 10.1. The van der Waals surface area contributed by atoms with Crippen molar-refractivity contribution in [2.24, 2.45) is 5.92 Å². The maximum atomic E-state index is 12.8. The van der Waals surface area contributed by atoms with Crippen molar-refractivity contribution in [2.45, 2.75) is 55.9 Å². The predicted octanol–water partition coefficient (Wildman–Crippen LogP) is 5.45. The molecule has 3 aromatic rings. The number of Topliss-reactive ketones (excluding diaryl/α,β-unsaturated/α-hetero) is 1. The molecule has 0 spiro atoms. The molecule has 0 bridgehead atoms. The van der Waals surface area contributed by atoms with E-state index in [2.05, 4.69) is 35.3 Å². The zero-order chi connectivity index (χ0) is 21.5. The second kappa shape index (κ2) is 7.91. The van der Waals surface area contributed by atoms with Crippen LogP contribution in [0, 0.1) is 5.92 Å². The lowest BCUT2D eigenvalue weighted by molar-refractivity contribution is -0.143. The van der Waals surface area contributed by atoms with E-state index in [0.717, 1.165) is 10.8 Å². The number of carbonyl (C=O) groups is 2. The summed E-state index contributed by atoms with van der Waals surface area (Å²) in [5, 5.41) is 12.3. The summed E-state index contributed by atoms with van der Waals surface area (Å²) >= 11 is 1.38. The van der Waals surface area contributed by atoms with E-state index in [0.29, 0.717) is 5.92 Å². The SMILES string of the molecule is CC(CC(=O)C(C)(C)Sc1nccn1-c1ccc(C2CC2)c2ccccc12)C(=O)O. The Morgan fingerprint density at radius 3 is 2.57 bits per heavy atom. The van der Waals surface area contributed by atoms with Crippen LogP contribution in [0.15, 0.2) is 53.9 Å². The van der Waals surface area contributed by atoms with Gasteiger partial charge in [-0.25, -0.2) is 4.98 Å². The van der Waals surface area contributed by atoms with Crippen molar-refractivity contribution in [2.75, 3.05) is 0 Å². The van der Waals surface area contributed by atoms with Crippen LogP contribution in [0.25, 0.3) is 16.5 Å². The zero-order valence-electron chi connectivity index (χ0n) is 17.5. The molecular formula is C24H26N2O3S. The van der Waals surface area contributed by atoms with Crippen LogP contribution in [-0.4, -0.2) is 31.2 Å². The number of imidazole rings is 1. The average Bonchev–Trinajstić information content (AvgIpc) is 3.46. The lowest BCUT2D eigenvalue weighted by Crippen LogP contribution is -2.31. The van der Waals surface area contributed by atoms with Crippen LogP contribution in [0.2, 0.25) is 0 Å². The first kappa shape index (κ1) is 20.7. The zero-order valence-corrected chi connectivity index (χ0v) is 18.3. The molecule has 1 atom stereocenters. The van der Waals surface area contributed by atoms with Crippen molar-refractivity contribution in [1.82, 2.24) is 9.55 Å². The number of fused-ring (bicyclic) bond motifs is 1. The van der Waals surface area contributed by atoms with E-state index in [-0.39, 0.29) is 12.2 Å². The highest BCUT2D eigenvalue weighted by Gasteiger charge is 2.33. The van der Waals surface area contributed by atoms with Gasteiger partial charge in [-0.2, -0.15) is 0 Å². The van der Waals surface area contributed by atoms with E-state index in [1.807, 2.05) is 30.7 Å². The molecule has 0 amide bonds. The van der Waals surface area contributed by atoms with Gasteiger partial charge in [0.05, 0.1) is 16.4 Å². The highest BCUT2D eigenvalue weighted by molar-refractivity contribution is 8.01. The van der Waals surface area contributed by atoms with Crippen LogP contribution >= 0.6 is 11.8 Å². The third-order valence-corrected chi connectivity index (χ3v) is 6.97. The number of aromatic nitrogens is 2. The molecule has 4 rings (SSSR count). The normalized spacial score (nSPS) is 15.3. The Kier molecular flexibility index (Phi) is 5.45. The Bertz CT molecular complexity index is 1110. The first-order chi connectivity index (χ1) is 14.3. The molecule has 156 valence electrons. The third-order valence-electron chi connectivity index (χ3n) is 5.75. The van der Waals surface area contributed by atoms with Gasteiger partial charge in [0, 0.05) is 24.2 Å². The van der Waals surface area contributed by atoms with Gasteiger partial charge < -0.3 is 5.11 Å². The lowest BCUT2D eigenvalue weighted by Gasteiger charge is -2.23. The molecule has 30 heavy (non-hydrogen) atoms. The standard InChI is InChI=1S/C24H26N2O3S/c1-15(22(28)29)14-21(27)24(2,3)30-23-25-12-13-26(23)20-11-10-17(16-8-9-16)18-6-4-5-7-19(18)20/h4-7,10-13,15-16H,8-9,14H2,1-3H3,(H,28,29). The summed E-state index contributed by atoms with van der Waals surface area (Å²) in [5.41, 5.74) is 2.44. The molecule has 1 saturated carbocycles. The minimum absolute atomic E-state index is 0.00899. The first-order valence-electron chi connectivity index (χ1n) is 10.3. The Morgan fingerprint density at radius 1 is 1.20 bits per heavy atom. The highest BCUT2D eigenvalue weighted by atomic mass is 32.2. The molecule has 6 heteroatoms. The Hall–Kier alpha value is -2.60. The van der Waals surface area contributed by atoms with Crippen LogP contribution in [-0.2, 0) is 9.59 Å². The van der Waals surface area contributed by atoms with Gasteiger partial charge in [-0.3, -0.25) is 14.2 Å². The van der Waals surface area contributed by atoms with Crippen molar-refractivity contribution in [1.29, 1.82) is 0 Å². The molecule has 5 nitrogen and oxygen atoms in total. The molecule has 0 radical (unpaired) electrons. The van der Waals surface area contributed by atoms with Gasteiger partial charge >= 0.3 is 5.97 Å². The maximum absolute atomic E-state index is 12.8. The number of aliphatic carboxylic acids is 1. The molecule has 1 aromatic heterocycles. The van der Waals surface area contributed by atoms with E-state index in [1.54, 1.807) is 13.1 Å². The number of ketones is 1. The van der Waals surface area contributed by atoms with Gasteiger partial charge in [0.2, 0.25) is 0 Å². The Morgan fingerprint density at radius 2 is 1.90 bits per heavy atom. The Balaban J connectivity index is 1.67. The number of hydrogen-bond acceptors (Lipinski definition) is 4. The van der Waals surface area contributed by atoms with Gasteiger partial charge in [0.1, 0.15) is 5.78 Å². The molecule has 1 fully saturated rings. The molecule has 0 aliphatic heterocycles. The number of carbonyl (C=O) groups excluding carboxylic acids is 1. The summed E-state index contributed by atoms with van der Waals surface area (Å²) in [6.07, 6.45) is 6.17. The van der Waals surface area contributed by atoms with Gasteiger partial charge in [-0.1, -0.05) is 49.0 Å². The molecular weight excluding hydrogens is 396 g/mol. The lowest BCUT2D eigenvalue weighted by atomic mass is 9.97. The Labute approximate surface area is 180 Å². The predicted molar refractivity (Wildman–Crippen MR) is 119 cm³/mol. The van der Waals surface area contributed by atoms with Crippen molar-refractivity contribution in [3.8, 4) is 5.69 Å². The third kappa shape index (κ3) is 4.01. The van der Waals surface area contributed by atoms with Crippen molar-refractivity contribution < 1.29 is 14.7 Å². The summed E-state index contributed by atoms with van der Waals surface area (Å²) in [7, 11) is 0. The quantitative estimate of drug-likeness (QED) is 0.489. The number of benzene rings is 2. The summed E-state index contributed by atoms with van der Waals surface area (Å²) in [6, 6.07) is 12.8. The van der Waals surface area contributed by atoms with Crippen LogP contribution in [0.3, 0.4) is 0 Å². The first-order valence-corrected chi connectivity index (χ1v) is 11.1. The largest absolute Gasteiger partial charge is 0.481 e. The van der Waals surface area contributed by atoms with E-state index in [4.69, 9.17) is 5.11 Å². The van der Waals surface area contributed by atoms with Crippen LogP contribution in [0.1, 0.15) is 51.5 Å². The van der Waals surface area contributed by atoms with E-state index in [1.165, 1.54) is 40.9 Å². The van der Waals surface area contributed by atoms with Crippen molar-refractivity contribution in [3.05, 3.63) is 54.4 Å². The fourth-order valence-corrected chi connectivity index (χ4v) is 4.74. The molecule has 1 heterocycles. The van der Waals surface area contributed by atoms with Gasteiger partial charge in [0.15, 0.2) is 5.16 Å². The van der Waals surface area contributed by atoms with E-state index < -0.39 is 16.6 Å². The van der Waals surface area contributed by atoms with Gasteiger partial charge in [-0.15, -0.1) is 0 Å². The molecule has 1 aliphatic rings. The summed E-state index contributed by atoms with van der Waals surface area (Å²) in [4.78, 5) is 28.4. The number of rotatable bonds is 8. The molecule has 1 N–H and O–H groups in total. The molecule has 0 saturated heterocycles. The number of carboxylic acids is 1. The number of carboxylic acid groups (broad SMARTS) is 1. The fourth-order valence-electron chi connectivity index (χ4n) is 3.71. The maximum Gasteiger partial charge on any atom is 0.306 e. The molecule has 2 aromatic carbocycles. The highest BCUT2D eigenvalue weighted by Crippen LogP contribution is 2.44. The van der Waals surface area contributed by atoms with Crippen LogP contribution in [0.4, 0.5) is 0 Å². The fraction of sp³-hybridized carbons (Fsp3) is 0.375. The number of thioether (sulfide) groups is 1. The van der Waals surface area contributed by atoms with Crippen LogP contribution < -0.4 is 0 Å². The van der Waals surface area contributed by atoms with E-state index >= 15 is 0 Å². The smallest absolute Gasteiger partial charge is 0.306 e. The van der Waals surface area contributed by atoms with Gasteiger partial charge in [-0.05, 0) is 49.6 Å². The summed E-state index contributed by atoms with van der Waals surface area (Å²) < 4.78 is 1.25. The van der Waals surface area contributed by atoms with E-state index in [9.17, 15) is 9.59 Å². The summed E-state index contributed by atoms with van der Waals surface area (Å²) in [6.45, 7) is 5.24. The number of hydrogen-bond donors (Lipinski definition) is 1. The second-order valence-electron chi connectivity index (χ2n) is 8.55. The topological polar surface area (TPSA) is 72.2 Å². The minimum atomic E-state index is -0.951. The molecule has 1 aliphatic carbocycles. The minimum Gasteiger partial charge on any atom is -0.481 e. The monoisotopic (exact) mass is 422 g/mol. The van der Waals surface area contributed by atoms with Crippen molar-refractivity contribution >= 4 is 34.3 Å². The van der Waals surface area contributed by atoms with Gasteiger partial charge in [0.25, 0.3) is 0 Å². The average molecular weight is 423 g/mol. The number of nitrogens with zero attached hydrogens (tertiary/aromatic N) is 2. The van der Waals surface area contributed by atoms with Crippen molar-refractivity contribution in [3.63, 3.8) is 0 Å². The molecule has 1 unspecified atom stereocenters.